The molecule has 0 spiro atoms. The summed E-state index contributed by atoms with van der Waals surface area (Å²) in [5, 5.41) is 14.0. The molecular formula is C17H14F2N2O4. The monoisotopic (exact) mass is 348 g/mol. The van der Waals surface area contributed by atoms with Crippen LogP contribution in [0.2, 0.25) is 0 Å². The number of nitrogens with one attached hydrogen (secondary N) is 1. The van der Waals surface area contributed by atoms with Crippen LogP contribution in [0.4, 0.5) is 14.5 Å². The first-order chi connectivity index (χ1) is 11.9. The van der Waals surface area contributed by atoms with Gasteiger partial charge in [-0.25, -0.2) is 8.78 Å². The van der Waals surface area contributed by atoms with Gasteiger partial charge in [-0.2, -0.15) is 4.91 Å². The summed E-state index contributed by atoms with van der Waals surface area (Å²) in [6.07, 6.45) is -0.135. The SMILES string of the molecule is O=NC(CCC(=O)O)c1ccc(NC(=O)c2ccc(F)cc2F)cc1. The summed E-state index contributed by atoms with van der Waals surface area (Å²) in [6.45, 7) is 0. The van der Waals surface area contributed by atoms with Crippen molar-refractivity contribution in [3.05, 3.63) is 70.1 Å². The van der Waals surface area contributed by atoms with Crippen molar-refractivity contribution < 1.29 is 23.5 Å². The molecule has 1 amide bonds. The Labute approximate surface area is 141 Å². The third-order valence-electron chi connectivity index (χ3n) is 3.49. The van der Waals surface area contributed by atoms with Crippen LogP contribution in [0, 0.1) is 16.5 Å². The smallest absolute Gasteiger partial charge is 0.303 e. The molecule has 130 valence electrons. The van der Waals surface area contributed by atoms with Crippen LogP contribution in [-0.2, 0) is 4.79 Å². The maximum absolute atomic E-state index is 13.6. The normalized spacial score (nSPS) is 11.6. The molecular weight excluding hydrogens is 334 g/mol. The van der Waals surface area contributed by atoms with E-state index in [1.807, 2.05) is 0 Å². The highest BCUT2D eigenvalue weighted by Gasteiger charge is 2.15. The van der Waals surface area contributed by atoms with E-state index in [2.05, 4.69) is 10.5 Å². The number of carboxylic acid groups (broad SMARTS) is 1. The third-order valence-corrected chi connectivity index (χ3v) is 3.49. The summed E-state index contributed by atoms with van der Waals surface area (Å²) in [7, 11) is 0. The molecule has 2 rings (SSSR count). The molecule has 0 aliphatic rings. The molecule has 0 aliphatic heterocycles. The second kappa shape index (κ2) is 8.09. The van der Waals surface area contributed by atoms with E-state index in [0.29, 0.717) is 17.3 Å². The van der Waals surface area contributed by atoms with Gasteiger partial charge in [-0.3, -0.25) is 9.59 Å². The molecule has 0 aliphatic carbocycles. The third kappa shape index (κ3) is 4.90. The molecule has 1 atom stereocenters. The first-order valence-corrected chi connectivity index (χ1v) is 7.31. The molecule has 0 fully saturated rings. The van der Waals surface area contributed by atoms with E-state index in [0.717, 1.165) is 12.1 Å². The molecule has 0 radical (unpaired) electrons. The first kappa shape index (κ1) is 18.2. The minimum atomic E-state index is -1.03. The lowest BCUT2D eigenvalue weighted by Gasteiger charge is -2.10. The Balaban J connectivity index is 2.07. The van der Waals surface area contributed by atoms with Crippen molar-refractivity contribution in [3.8, 4) is 0 Å². The highest BCUT2D eigenvalue weighted by Crippen LogP contribution is 2.24. The summed E-state index contributed by atoms with van der Waals surface area (Å²) in [5.74, 6) is -3.54. The van der Waals surface area contributed by atoms with Crippen molar-refractivity contribution in [2.24, 2.45) is 5.18 Å². The van der Waals surface area contributed by atoms with Crippen LogP contribution in [0.1, 0.15) is 34.8 Å². The van der Waals surface area contributed by atoms with Gasteiger partial charge in [0.1, 0.15) is 17.7 Å². The van der Waals surface area contributed by atoms with E-state index in [4.69, 9.17) is 5.11 Å². The lowest BCUT2D eigenvalue weighted by molar-refractivity contribution is -0.137. The van der Waals surface area contributed by atoms with E-state index < -0.39 is 29.6 Å². The maximum Gasteiger partial charge on any atom is 0.303 e. The Morgan fingerprint density at radius 1 is 1.12 bits per heavy atom. The van der Waals surface area contributed by atoms with Crippen molar-refractivity contribution in [1.82, 2.24) is 0 Å². The number of carbonyl (C=O) groups excluding carboxylic acids is 1. The molecule has 2 N–H and O–H groups in total. The highest BCUT2D eigenvalue weighted by atomic mass is 19.1. The number of hydrogen-bond donors (Lipinski definition) is 2. The lowest BCUT2D eigenvalue weighted by atomic mass is 10.0. The van der Waals surface area contributed by atoms with Gasteiger partial charge in [-0.1, -0.05) is 17.3 Å². The van der Waals surface area contributed by atoms with Crippen LogP contribution >= 0.6 is 0 Å². The Bertz CT molecular complexity index is 794. The zero-order valence-corrected chi connectivity index (χ0v) is 12.9. The number of rotatable bonds is 7. The fraction of sp³-hybridized carbons (Fsp3) is 0.176. The summed E-state index contributed by atoms with van der Waals surface area (Å²) in [5.41, 5.74) is 0.530. The van der Waals surface area contributed by atoms with Gasteiger partial charge in [0.15, 0.2) is 0 Å². The Kier molecular flexibility index (Phi) is 5.89. The molecule has 2 aromatic carbocycles. The van der Waals surface area contributed by atoms with Crippen molar-refractivity contribution in [1.29, 1.82) is 0 Å². The second-order valence-corrected chi connectivity index (χ2v) is 5.25. The van der Waals surface area contributed by atoms with Crippen LogP contribution in [-0.4, -0.2) is 17.0 Å². The fourth-order valence-electron chi connectivity index (χ4n) is 2.20. The predicted molar refractivity (Wildman–Crippen MR) is 86.2 cm³/mol. The van der Waals surface area contributed by atoms with Crippen LogP contribution < -0.4 is 5.32 Å². The van der Waals surface area contributed by atoms with Crippen molar-refractivity contribution in [2.75, 3.05) is 5.32 Å². The number of aliphatic carboxylic acids is 1. The molecule has 0 saturated carbocycles. The fourth-order valence-corrected chi connectivity index (χ4v) is 2.20. The highest BCUT2D eigenvalue weighted by molar-refractivity contribution is 6.04. The van der Waals surface area contributed by atoms with E-state index >= 15 is 0 Å². The zero-order chi connectivity index (χ0) is 18.4. The number of nitroso groups, excluding NO2 is 1. The second-order valence-electron chi connectivity index (χ2n) is 5.25. The van der Waals surface area contributed by atoms with Crippen LogP contribution in [0.25, 0.3) is 0 Å². The maximum atomic E-state index is 13.6. The standard InChI is InChI=1S/C17H14F2N2O4/c18-11-3-6-13(14(19)9-11)17(24)20-12-4-1-10(2-5-12)15(21-25)7-8-16(22)23/h1-6,9,15H,7-8H2,(H,20,24)(H,22,23). The number of halogens is 2. The zero-order valence-electron chi connectivity index (χ0n) is 12.9. The molecule has 8 heteroatoms. The number of hydrogen-bond acceptors (Lipinski definition) is 4. The van der Waals surface area contributed by atoms with Crippen LogP contribution in [0.3, 0.4) is 0 Å². The number of amides is 1. The average Bonchev–Trinajstić information content (AvgIpc) is 2.56. The minimum absolute atomic E-state index is 0.0608. The Morgan fingerprint density at radius 3 is 2.36 bits per heavy atom. The van der Waals surface area contributed by atoms with Crippen molar-refractivity contribution >= 4 is 17.6 Å². The van der Waals surface area contributed by atoms with Gasteiger partial charge < -0.3 is 10.4 Å². The predicted octanol–water partition coefficient (Wildman–Crippen LogP) is 3.89. The van der Waals surface area contributed by atoms with Crippen molar-refractivity contribution in [2.45, 2.75) is 18.9 Å². The Hall–Kier alpha value is -3.16. The number of anilines is 1. The summed E-state index contributed by atoms with van der Waals surface area (Å²) in [4.78, 5) is 33.4. The summed E-state index contributed by atoms with van der Waals surface area (Å²) in [6, 6.07) is 7.81. The molecule has 2 aromatic rings. The topological polar surface area (TPSA) is 95.8 Å². The van der Waals surface area contributed by atoms with Crippen LogP contribution in [0.15, 0.2) is 47.6 Å². The molecule has 0 heterocycles. The van der Waals surface area contributed by atoms with E-state index in [-0.39, 0.29) is 18.4 Å². The first-order valence-electron chi connectivity index (χ1n) is 7.31. The van der Waals surface area contributed by atoms with E-state index in [1.165, 1.54) is 24.3 Å². The molecule has 0 aromatic heterocycles. The van der Waals surface area contributed by atoms with Gasteiger partial charge in [-0.05, 0) is 36.2 Å². The Morgan fingerprint density at radius 2 is 1.80 bits per heavy atom. The average molecular weight is 348 g/mol. The summed E-state index contributed by atoms with van der Waals surface area (Å²) >= 11 is 0. The van der Waals surface area contributed by atoms with E-state index in [1.54, 1.807) is 0 Å². The summed E-state index contributed by atoms with van der Waals surface area (Å²) < 4.78 is 26.4. The molecule has 0 saturated heterocycles. The molecule has 1 unspecified atom stereocenters. The van der Waals surface area contributed by atoms with Gasteiger partial charge >= 0.3 is 5.97 Å². The van der Waals surface area contributed by atoms with Crippen LogP contribution in [0.5, 0.6) is 0 Å². The number of carboxylic acids is 1. The number of benzene rings is 2. The van der Waals surface area contributed by atoms with Gasteiger partial charge in [0.05, 0.1) is 5.56 Å². The van der Waals surface area contributed by atoms with E-state index in [9.17, 15) is 23.3 Å². The molecule has 25 heavy (non-hydrogen) atoms. The number of carbonyl (C=O) groups is 2. The van der Waals surface area contributed by atoms with Crippen molar-refractivity contribution in [3.63, 3.8) is 0 Å². The van der Waals surface area contributed by atoms with Gasteiger partial charge in [0.2, 0.25) is 0 Å². The largest absolute Gasteiger partial charge is 0.481 e. The number of nitrogens with zero attached hydrogens (tertiary/aromatic N) is 1. The lowest BCUT2D eigenvalue weighted by Crippen LogP contribution is -2.14. The minimum Gasteiger partial charge on any atom is -0.481 e. The van der Waals surface area contributed by atoms with Gasteiger partial charge in [0.25, 0.3) is 5.91 Å². The molecule has 6 nitrogen and oxygen atoms in total. The van der Waals surface area contributed by atoms with Gasteiger partial charge in [0, 0.05) is 18.2 Å². The van der Waals surface area contributed by atoms with Gasteiger partial charge in [-0.15, -0.1) is 0 Å². The quantitative estimate of drug-likeness (QED) is 0.742. The molecule has 0 bridgehead atoms.